The minimum atomic E-state index is -3.79. The van der Waals surface area contributed by atoms with Crippen LogP contribution in [0.3, 0.4) is 0 Å². The molecule has 0 aliphatic heterocycles. The first-order valence-corrected chi connectivity index (χ1v) is 8.46. The van der Waals surface area contributed by atoms with Crippen LogP contribution in [0, 0.1) is 6.92 Å². The number of nitrogens with zero attached hydrogens (tertiary/aromatic N) is 1. The summed E-state index contributed by atoms with van der Waals surface area (Å²) < 4.78 is 32.4. The van der Waals surface area contributed by atoms with Crippen molar-refractivity contribution < 1.29 is 17.9 Å². The number of fused-ring (bicyclic) bond motifs is 1. The van der Waals surface area contributed by atoms with E-state index in [2.05, 4.69) is 0 Å². The number of aromatic nitrogens is 1. The Balaban J connectivity index is 2.35. The summed E-state index contributed by atoms with van der Waals surface area (Å²) in [5.41, 5.74) is 0.843. The highest BCUT2D eigenvalue weighted by atomic mass is 32.2. The SMILES string of the molecule is CC(=O)Oc1c(C)n(S(=O)(=O)c2ccccc2)c2ccccc12. The molecule has 5 nitrogen and oxygen atoms in total. The average molecular weight is 329 g/mol. The molecule has 0 fully saturated rings. The summed E-state index contributed by atoms with van der Waals surface area (Å²) in [6, 6.07) is 15.1. The van der Waals surface area contributed by atoms with Gasteiger partial charge >= 0.3 is 5.97 Å². The van der Waals surface area contributed by atoms with Gasteiger partial charge < -0.3 is 4.74 Å². The number of rotatable bonds is 3. The van der Waals surface area contributed by atoms with Gasteiger partial charge in [0.15, 0.2) is 5.75 Å². The van der Waals surface area contributed by atoms with Crippen LogP contribution in [0.1, 0.15) is 12.6 Å². The van der Waals surface area contributed by atoms with Crippen LogP contribution in [0.15, 0.2) is 59.5 Å². The Morgan fingerprint density at radius 3 is 2.26 bits per heavy atom. The van der Waals surface area contributed by atoms with Crippen molar-refractivity contribution in [3.8, 4) is 5.75 Å². The van der Waals surface area contributed by atoms with Gasteiger partial charge in [-0.2, -0.15) is 0 Å². The van der Waals surface area contributed by atoms with Gasteiger partial charge in [-0.3, -0.25) is 4.79 Å². The minimum absolute atomic E-state index is 0.179. The molecule has 1 heterocycles. The first-order valence-electron chi connectivity index (χ1n) is 7.02. The predicted octanol–water partition coefficient (Wildman–Crippen LogP) is 3.11. The number of hydrogen-bond donors (Lipinski definition) is 0. The lowest BCUT2D eigenvalue weighted by molar-refractivity contribution is -0.131. The molecular formula is C17H15NO4S. The molecule has 0 amide bonds. The second-order valence-corrected chi connectivity index (χ2v) is 6.89. The van der Waals surface area contributed by atoms with Crippen LogP contribution in [0.4, 0.5) is 0 Å². The van der Waals surface area contributed by atoms with Crippen molar-refractivity contribution in [3.63, 3.8) is 0 Å². The van der Waals surface area contributed by atoms with E-state index in [0.717, 1.165) is 0 Å². The van der Waals surface area contributed by atoms with Crippen molar-refractivity contribution >= 4 is 26.9 Å². The number of hydrogen-bond acceptors (Lipinski definition) is 4. The van der Waals surface area contributed by atoms with Crippen LogP contribution in [-0.4, -0.2) is 18.4 Å². The van der Waals surface area contributed by atoms with Gasteiger partial charge in [0, 0.05) is 12.3 Å². The predicted molar refractivity (Wildman–Crippen MR) is 87.0 cm³/mol. The molecule has 3 aromatic rings. The third-order valence-electron chi connectivity index (χ3n) is 3.53. The van der Waals surface area contributed by atoms with Gasteiger partial charge in [-0.15, -0.1) is 0 Å². The Labute approximate surface area is 134 Å². The number of carbonyl (C=O) groups excluding carboxylic acids is 1. The summed E-state index contributed by atoms with van der Waals surface area (Å²) in [6.45, 7) is 2.91. The molecule has 0 spiro atoms. The molecule has 0 saturated carbocycles. The number of esters is 1. The summed E-state index contributed by atoms with van der Waals surface area (Å²) in [5, 5.41) is 0.583. The van der Waals surface area contributed by atoms with Gasteiger partial charge in [0.1, 0.15) is 0 Å². The molecule has 0 radical (unpaired) electrons. The van der Waals surface area contributed by atoms with Crippen molar-refractivity contribution in [2.24, 2.45) is 0 Å². The van der Waals surface area contributed by atoms with E-state index in [1.807, 2.05) is 0 Å². The highest BCUT2D eigenvalue weighted by Crippen LogP contribution is 2.35. The summed E-state index contributed by atoms with van der Waals surface area (Å²) in [5.74, 6) is -0.222. The second-order valence-electron chi connectivity index (χ2n) is 5.11. The summed E-state index contributed by atoms with van der Waals surface area (Å²) in [4.78, 5) is 11.5. The normalized spacial score (nSPS) is 11.6. The quantitative estimate of drug-likeness (QED) is 0.693. The highest BCUT2D eigenvalue weighted by Gasteiger charge is 2.26. The standard InChI is InChI=1S/C17H15NO4S/c1-12-17(22-13(2)19)15-10-6-7-11-16(15)18(12)23(20,21)14-8-4-3-5-9-14/h3-11H,1-2H3. The number of carbonyl (C=O) groups is 1. The zero-order chi connectivity index (χ0) is 16.6. The van der Waals surface area contributed by atoms with Gasteiger partial charge in [0.2, 0.25) is 0 Å². The van der Waals surface area contributed by atoms with E-state index in [1.54, 1.807) is 49.4 Å². The van der Waals surface area contributed by atoms with E-state index in [1.165, 1.54) is 23.0 Å². The Bertz CT molecular complexity index is 988. The number of ether oxygens (including phenoxy) is 1. The van der Waals surface area contributed by atoms with Crippen molar-refractivity contribution in [1.82, 2.24) is 3.97 Å². The van der Waals surface area contributed by atoms with Gasteiger partial charge in [-0.05, 0) is 31.2 Å². The molecule has 0 bridgehead atoms. The smallest absolute Gasteiger partial charge is 0.308 e. The fraction of sp³-hybridized carbons (Fsp3) is 0.118. The molecule has 0 N–H and O–H groups in total. The first-order chi connectivity index (χ1) is 10.9. The Hall–Kier alpha value is -2.60. The molecule has 0 aliphatic rings. The zero-order valence-electron chi connectivity index (χ0n) is 12.7. The van der Waals surface area contributed by atoms with Crippen LogP contribution in [-0.2, 0) is 14.8 Å². The molecule has 0 aliphatic carbocycles. The summed E-state index contributed by atoms with van der Waals surface area (Å²) in [7, 11) is -3.79. The van der Waals surface area contributed by atoms with Gasteiger partial charge in [0.05, 0.1) is 16.1 Å². The van der Waals surface area contributed by atoms with Crippen LogP contribution >= 0.6 is 0 Å². The Morgan fingerprint density at radius 2 is 1.61 bits per heavy atom. The van der Waals surface area contributed by atoms with E-state index >= 15 is 0 Å². The maximum atomic E-state index is 13.0. The summed E-state index contributed by atoms with van der Waals surface area (Å²) in [6.07, 6.45) is 0. The van der Waals surface area contributed by atoms with Gasteiger partial charge in [-0.1, -0.05) is 30.3 Å². The molecule has 118 valence electrons. The first kappa shape index (κ1) is 15.3. The van der Waals surface area contributed by atoms with Crippen molar-refractivity contribution in [2.45, 2.75) is 18.7 Å². The lowest BCUT2D eigenvalue weighted by Gasteiger charge is -2.10. The highest BCUT2D eigenvalue weighted by molar-refractivity contribution is 7.90. The van der Waals surface area contributed by atoms with Crippen LogP contribution in [0.5, 0.6) is 5.75 Å². The molecule has 3 rings (SSSR count). The van der Waals surface area contributed by atoms with E-state index in [-0.39, 0.29) is 10.6 Å². The zero-order valence-corrected chi connectivity index (χ0v) is 13.5. The van der Waals surface area contributed by atoms with Crippen LogP contribution in [0.25, 0.3) is 10.9 Å². The van der Waals surface area contributed by atoms with Crippen molar-refractivity contribution in [1.29, 1.82) is 0 Å². The molecular weight excluding hydrogens is 314 g/mol. The van der Waals surface area contributed by atoms with Crippen molar-refractivity contribution in [2.75, 3.05) is 0 Å². The van der Waals surface area contributed by atoms with Gasteiger partial charge in [-0.25, -0.2) is 12.4 Å². The molecule has 2 aromatic carbocycles. The monoisotopic (exact) mass is 329 g/mol. The molecule has 0 saturated heterocycles. The third-order valence-corrected chi connectivity index (χ3v) is 5.35. The molecule has 23 heavy (non-hydrogen) atoms. The summed E-state index contributed by atoms with van der Waals surface area (Å²) >= 11 is 0. The van der Waals surface area contributed by atoms with Crippen LogP contribution < -0.4 is 4.74 Å². The van der Waals surface area contributed by atoms with Crippen LogP contribution in [0.2, 0.25) is 0 Å². The fourth-order valence-electron chi connectivity index (χ4n) is 2.59. The van der Waals surface area contributed by atoms with E-state index in [0.29, 0.717) is 16.6 Å². The lowest BCUT2D eigenvalue weighted by atomic mass is 10.2. The fourth-order valence-corrected chi connectivity index (χ4v) is 4.16. The number of para-hydroxylation sites is 1. The van der Waals surface area contributed by atoms with Crippen molar-refractivity contribution in [3.05, 3.63) is 60.3 Å². The second kappa shape index (κ2) is 5.55. The molecule has 1 aromatic heterocycles. The third kappa shape index (κ3) is 2.51. The Morgan fingerprint density at radius 1 is 1.00 bits per heavy atom. The lowest BCUT2D eigenvalue weighted by Crippen LogP contribution is -2.14. The minimum Gasteiger partial charge on any atom is -0.424 e. The van der Waals surface area contributed by atoms with E-state index in [4.69, 9.17) is 4.74 Å². The number of benzene rings is 2. The van der Waals surface area contributed by atoms with Gasteiger partial charge in [0.25, 0.3) is 10.0 Å². The molecule has 0 unspecified atom stereocenters. The molecule has 6 heteroatoms. The maximum Gasteiger partial charge on any atom is 0.308 e. The molecule has 0 atom stereocenters. The topological polar surface area (TPSA) is 65.4 Å². The Kier molecular flexibility index (Phi) is 3.69. The van der Waals surface area contributed by atoms with E-state index < -0.39 is 16.0 Å². The largest absolute Gasteiger partial charge is 0.424 e. The van der Waals surface area contributed by atoms with E-state index in [9.17, 15) is 13.2 Å². The maximum absolute atomic E-state index is 13.0. The average Bonchev–Trinajstić information content (AvgIpc) is 2.81.